The van der Waals surface area contributed by atoms with Gasteiger partial charge in [0, 0.05) is 17.3 Å². The maximum absolute atomic E-state index is 12.6. The molecule has 2 fully saturated rings. The van der Waals surface area contributed by atoms with Crippen molar-refractivity contribution >= 4 is 11.5 Å². The van der Waals surface area contributed by atoms with Crippen LogP contribution in [0.5, 0.6) is 0 Å². The lowest BCUT2D eigenvalue weighted by Crippen LogP contribution is -2.46. The van der Waals surface area contributed by atoms with E-state index in [0.717, 1.165) is 31.4 Å². The quantitative estimate of drug-likeness (QED) is 0.844. The molecule has 1 heterocycles. The van der Waals surface area contributed by atoms with E-state index in [1.54, 1.807) is 0 Å². The number of carbonyl (C=O) groups excluding carboxylic acids is 1. The standard InChI is InChI=1S/C18H21NO/c1-11-8-12(2)16(13(3)9-11)14-10-15(20)17(4-5-17)18(19-14)6-7-18/h8-10,19H,4-7H2,1-3H3. The minimum Gasteiger partial charge on any atom is -0.378 e. The highest BCUT2D eigenvalue weighted by molar-refractivity contribution is 6.06. The lowest BCUT2D eigenvalue weighted by atomic mass is 9.83. The van der Waals surface area contributed by atoms with E-state index < -0.39 is 0 Å². The first-order valence-corrected chi connectivity index (χ1v) is 7.60. The van der Waals surface area contributed by atoms with Crippen LogP contribution in [0, 0.1) is 26.2 Å². The normalized spacial score (nSPS) is 24.6. The zero-order valence-electron chi connectivity index (χ0n) is 12.5. The molecule has 2 spiro atoms. The molecule has 2 nitrogen and oxygen atoms in total. The molecule has 0 amide bonds. The number of ketones is 1. The summed E-state index contributed by atoms with van der Waals surface area (Å²) in [6, 6.07) is 4.41. The fraction of sp³-hybridized carbons (Fsp3) is 0.500. The molecule has 2 heteroatoms. The second-order valence-electron chi connectivity index (χ2n) is 6.99. The van der Waals surface area contributed by atoms with Crippen molar-refractivity contribution in [3.05, 3.63) is 40.5 Å². The monoisotopic (exact) mass is 267 g/mol. The van der Waals surface area contributed by atoms with Gasteiger partial charge >= 0.3 is 0 Å². The first kappa shape index (κ1) is 12.2. The lowest BCUT2D eigenvalue weighted by Gasteiger charge is -2.34. The Balaban J connectivity index is 1.83. The van der Waals surface area contributed by atoms with Crippen LogP contribution in [0.15, 0.2) is 18.2 Å². The van der Waals surface area contributed by atoms with E-state index in [0.29, 0.717) is 5.78 Å². The SMILES string of the molecule is Cc1cc(C)c(C2=CC(=O)C3(CC3)C3(CC3)N2)c(C)c1. The Morgan fingerprint density at radius 1 is 1.00 bits per heavy atom. The van der Waals surface area contributed by atoms with E-state index in [2.05, 4.69) is 38.2 Å². The first-order valence-electron chi connectivity index (χ1n) is 7.60. The Hall–Kier alpha value is -1.57. The molecule has 4 rings (SSSR count). The third-order valence-electron chi connectivity index (χ3n) is 5.48. The summed E-state index contributed by atoms with van der Waals surface area (Å²) in [5, 5.41) is 3.74. The van der Waals surface area contributed by atoms with Crippen LogP contribution in [-0.2, 0) is 4.79 Å². The Labute approximate surface area is 120 Å². The summed E-state index contributed by atoms with van der Waals surface area (Å²) in [6.07, 6.45) is 6.34. The van der Waals surface area contributed by atoms with Crippen LogP contribution >= 0.6 is 0 Å². The van der Waals surface area contributed by atoms with Crippen LogP contribution in [-0.4, -0.2) is 11.3 Å². The van der Waals surface area contributed by atoms with Gasteiger partial charge in [0.25, 0.3) is 0 Å². The van der Waals surface area contributed by atoms with Crippen molar-refractivity contribution in [3.8, 4) is 0 Å². The molecule has 1 aliphatic heterocycles. The number of benzene rings is 1. The highest BCUT2D eigenvalue weighted by Crippen LogP contribution is 2.66. The summed E-state index contributed by atoms with van der Waals surface area (Å²) in [5.41, 5.74) is 6.14. The molecular formula is C18H21NO. The van der Waals surface area contributed by atoms with E-state index in [4.69, 9.17) is 0 Å². The van der Waals surface area contributed by atoms with Gasteiger partial charge in [0.1, 0.15) is 0 Å². The predicted molar refractivity (Wildman–Crippen MR) is 80.4 cm³/mol. The van der Waals surface area contributed by atoms with Gasteiger partial charge in [-0.3, -0.25) is 4.79 Å². The minimum atomic E-state index is -0.0387. The maximum atomic E-state index is 12.6. The number of allylic oxidation sites excluding steroid dienone is 1. The molecule has 0 atom stereocenters. The molecule has 1 aromatic rings. The van der Waals surface area contributed by atoms with Gasteiger partial charge in [-0.25, -0.2) is 0 Å². The second-order valence-corrected chi connectivity index (χ2v) is 6.99. The highest BCUT2D eigenvalue weighted by atomic mass is 16.1. The second kappa shape index (κ2) is 3.55. The molecule has 1 aromatic carbocycles. The van der Waals surface area contributed by atoms with E-state index in [1.807, 2.05) is 6.08 Å². The van der Waals surface area contributed by atoms with Crippen molar-refractivity contribution in [2.75, 3.05) is 0 Å². The summed E-state index contributed by atoms with van der Waals surface area (Å²) in [5.74, 6) is 0.364. The average Bonchev–Trinajstić information content (AvgIpc) is 3.20. The number of hydrogen-bond acceptors (Lipinski definition) is 2. The van der Waals surface area contributed by atoms with Gasteiger partial charge in [-0.15, -0.1) is 0 Å². The van der Waals surface area contributed by atoms with Crippen molar-refractivity contribution in [3.63, 3.8) is 0 Å². The van der Waals surface area contributed by atoms with E-state index >= 15 is 0 Å². The molecule has 3 aliphatic rings. The fourth-order valence-electron chi connectivity index (χ4n) is 4.24. The van der Waals surface area contributed by atoms with Gasteiger partial charge in [-0.1, -0.05) is 17.7 Å². The minimum absolute atomic E-state index is 0.0387. The van der Waals surface area contributed by atoms with Gasteiger partial charge in [0.15, 0.2) is 5.78 Å². The Kier molecular flexibility index (Phi) is 2.16. The zero-order chi connectivity index (χ0) is 14.1. The van der Waals surface area contributed by atoms with Crippen LogP contribution in [0.4, 0.5) is 0 Å². The largest absolute Gasteiger partial charge is 0.378 e. The van der Waals surface area contributed by atoms with Crippen molar-refractivity contribution in [1.82, 2.24) is 5.32 Å². The van der Waals surface area contributed by atoms with Crippen molar-refractivity contribution in [2.24, 2.45) is 5.41 Å². The third kappa shape index (κ3) is 1.42. The summed E-state index contributed by atoms with van der Waals surface area (Å²) in [6.45, 7) is 6.41. The lowest BCUT2D eigenvalue weighted by molar-refractivity contribution is -0.121. The molecule has 1 N–H and O–H groups in total. The summed E-state index contributed by atoms with van der Waals surface area (Å²) < 4.78 is 0. The van der Waals surface area contributed by atoms with Crippen LogP contribution in [0.2, 0.25) is 0 Å². The number of hydrogen-bond donors (Lipinski definition) is 1. The summed E-state index contributed by atoms with van der Waals surface area (Å²) >= 11 is 0. The predicted octanol–water partition coefficient (Wildman–Crippen LogP) is 3.44. The highest BCUT2D eigenvalue weighted by Gasteiger charge is 2.70. The van der Waals surface area contributed by atoms with Crippen molar-refractivity contribution in [1.29, 1.82) is 0 Å². The van der Waals surface area contributed by atoms with E-state index in [1.165, 1.54) is 22.3 Å². The molecule has 0 bridgehead atoms. The van der Waals surface area contributed by atoms with Gasteiger partial charge in [0.2, 0.25) is 0 Å². The van der Waals surface area contributed by atoms with Gasteiger partial charge in [0.05, 0.1) is 11.0 Å². The maximum Gasteiger partial charge on any atom is 0.166 e. The Morgan fingerprint density at radius 2 is 1.60 bits per heavy atom. The molecule has 0 saturated heterocycles. The van der Waals surface area contributed by atoms with Gasteiger partial charge in [-0.2, -0.15) is 0 Å². The Morgan fingerprint density at radius 3 is 2.10 bits per heavy atom. The van der Waals surface area contributed by atoms with Crippen LogP contribution in [0.3, 0.4) is 0 Å². The summed E-state index contributed by atoms with van der Waals surface area (Å²) in [4.78, 5) is 12.6. The van der Waals surface area contributed by atoms with Crippen LogP contribution < -0.4 is 5.32 Å². The van der Waals surface area contributed by atoms with Gasteiger partial charge in [-0.05, 0) is 57.6 Å². The molecule has 104 valence electrons. The molecule has 20 heavy (non-hydrogen) atoms. The molecule has 0 radical (unpaired) electrons. The van der Waals surface area contributed by atoms with Crippen LogP contribution in [0.25, 0.3) is 5.70 Å². The first-order chi connectivity index (χ1) is 9.47. The number of nitrogens with one attached hydrogen (secondary N) is 1. The van der Waals surface area contributed by atoms with Crippen molar-refractivity contribution < 1.29 is 4.79 Å². The number of aryl methyl sites for hydroxylation is 3. The van der Waals surface area contributed by atoms with E-state index in [9.17, 15) is 4.79 Å². The average molecular weight is 267 g/mol. The molecule has 0 aromatic heterocycles. The number of fused-ring (bicyclic) bond motifs is 1. The molecule has 0 unspecified atom stereocenters. The molecular weight excluding hydrogens is 246 g/mol. The topological polar surface area (TPSA) is 29.1 Å². The number of carbonyl (C=O) groups is 1. The van der Waals surface area contributed by atoms with Crippen molar-refractivity contribution in [2.45, 2.75) is 52.0 Å². The smallest absolute Gasteiger partial charge is 0.166 e. The van der Waals surface area contributed by atoms with E-state index in [-0.39, 0.29) is 11.0 Å². The summed E-state index contributed by atoms with van der Waals surface area (Å²) in [7, 11) is 0. The zero-order valence-corrected chi connectivity index (χ0v) is 12.5. The number of rotatable bonds is 1. The Bertz CT molecular complexity index is 637. The van der Waals surface area contributed by atoms with Crippen LogP contribution in [0.1, 0.15) is 47.9 Å². The fourth-order valence-corrected chi connectivity index (χ4v) is 4.24. The third-order valence-corrected chi connectivity index (χ3v) is 5.48. The molecule has 2 saturated carbocycles. The molecule has 2 aliphatic carbocycles. The van der Waals surface area contributed by atoms with Gasteiger partial charge < -0.3 is 5.32 Å².